The maximum atomic E-state index is 9.02. The molecule has 0 spiro atoms. The van der Waals surface area contributed by atoms with Crippen LogP contribution in [0.5, 0.6) is 0 Å². The van der Waals surface area contributed by atoms with Gasteiger partial charge in [0.2, 0.25) is 0 Å². The molecule has 0 aliphatic carbocycles. The van der Waals surface area contributed by atoms with Crippen molar-refractivity contribution in [2.45, 2.75) is 25.8 Å². The predicted molar refractivity (Wildman–Crippen MR) is 73.5 cm³/mol. The fourth-order valence-electron chi connectivity index (χ4n) is 2.66. The Balaban J connectivity index is 1.91. The molecule has 1 unspecified atom stereocenters. The Morgan fingerprint density at radius 1 is 1.56 bits per heavy atom. The van der Waals surface area contributed by atoms with Gasteiger partial charge in [0.05, 0.1) is 5.69 Å². The van der Waals surface area contributed by atoms with Gasteiger partial charge >= 0.3 is 0 Å². The number of likely N-dealkylation sites (tertiary alicyclic amines) is 1. The van der Waals surface area contributed by atoms with Crippen LogP contribution >= 0.6 is 0 Å². The first-order valence-electron chi connectivity index (χ1n) is 6.77. The number of aliphatic hydroxyl groups is 1. The molecule has 0 bridgehead atoms. The first kappa shape index (κ1) is 13.3. The van der Waals surface area contributed by atoms with E-state index in [1.165, 1.54) is 12.8 Å². The molecule has 18 heavy (non-hydrogen) atoms. The number of piperidine rings is 1. The molecule has 1 atom stereocenters. The second-order valence-electron chi connectivity index (χ2n) is 5.04. The van der Waals surface area contributed by atoms with Crippen molar-refractivity contribution in [3.63, 3.8) is 0 Å². The van der Waals surface area contributed by atoms with Crippen LogP contribution in [-0.4, -0.2) is 41.7 Å². The highest BCUT2D eigenvalue weighted by Crippen LogP contribution is 2.21. The normalized spacial score (nSPS) is 20.9. The minimum absolute atomic E-state index is 0.312. The number of hydrogen-bond acceptors (Lipinski definition) is 4. The quantitative estimate of drug-likeness (QED) is 0.834. The minimum atomic E-state index is 0.312. The number of aliphatic hydroxyl groups excluding tert-OH is 1. The van der Waals surface area contributed by atoms with E-state index in [-0.39, 0.29) is 0 Å². The Morgan fingerprint density at radius 2 is 2.44 bits per heavy atom. The van der Waals surface area contributed by atoms with Crippen LogP contribution < -0.4 is 5.32 Å². The Morgan fingerprint density at radius 3 is 3.22 bits per heavy atom. The number of aromatic nitrogens is 1. The third-order valence-electron chi connectivity index (χ3n) is 3.63. The Hall–Kier alpha value is -1.13. The molecular formula is C14H23N3O. The van der Waals surface area contributed by atoms with Crippen molar-refractivity contribution in [1.82, 2.24) is 9.88 Å². The van der Waals surface area contributed by atoms with Gasteiger partial charge in [-0.15, -0.1) is 0 Å². The predicted octanol–water partition coefficient (Wildman–Crippen LogP) is 1.72. The van der Waals surface area contributed by atoms with Crippen LogP contribution in [0, 0.1) is 5.92 Å². The standard InChI is InChI=1S/C14H23N3O/c1-15-13-4-6-16-14(9-13)11-17-7-2-3-12(10-17)5-8-18/h4,6,9,12,18H,2-3,5,7-8,10-11H2,1H3,(H,15,16). The lowest BCUT2D eigenvalue weighted by atomic mass is 9.95. The van der Waals surface area contributed by atoms with E-state index in [1.54, 1.807) is 0 Å². The summed E-state index contributed by atoms with van der Waals surface area (Å²) in [6.07, 6.45) is 5.27. The third-order valence-corrected chi connectivity index (χ3v) is 3.63. The van der Waals surface area contributed by atoms with Crippen LogP contribution in [-0.2, 0) is 6.54 Å². The highest BCUT2D eigenvalue weighted by atomic mass is 16.3. The van der Waals surface area contributed by atoms with E-state index in [0.29, 0.717) is 12.5 Å². The number of rotatable bonds is 5. The Labute approximate surface area is 109 Å². The first-order chi connectivity index (χ1) is 8.81. The zero-order chi connectivity index (χ0) is 12.8. The molecule has 2 N–H and O–H groups in total. The highest BCUT2D eigenvalue weighted by molar-refractivity contribution is 5.42. The van der Waals surface area contributed by atoms with Crippen LogP contribution in [0.2, 0.25) is 0 Å². The number of pyridine rings is 1. The molecule has 1 aromatic heterocycles. The molecule has 1 aliphatic heterocycles. The van der Waals surface area contributed by atoms with Gasteiger partial charge in [0.25, 0.3) is 0 Å². The number of nitrogens with zero attached hydrogens (tertiary/aromatic N) is 2. The molecule has 4 nitrogen and oxygen atoms in total. The smallest absolute Gasteiger partial charge is 0.0564 e. The SMILES string of the molecule is CNc1ccnc(CN2CCCC(CCO)C2)c1. The van der Waals surface area contributed by atoms with E-state index < -0.39 is 0 Å². The van der Waals surface area contributed by atoms with Crippen molar-refractivity contribution in [2.75, 3.05) is 32.1 Å². The molecule has 1 aliphatic rings. The number of hydrogen-bond donors (Lipinski definition) is 2. The molecule has 0 saturated carbocycles. The monoisotopic (exact) mass is 249 g/mol. The van der Waals surface area contributed by atoms with Crippen LogP contribution in [0.3, 0.4) is 0 Å². The van der Waals surface area contributed by atoms with Gasteiger partial charge in [-0.3, -0.25) is 9.88 Å². The summed E-state index contributed by atoms with van der Waals surface area (Å²) < 4.78 is 0. The number of anilines is 1. The maximum Gasteiger partial charge on any atom is 0.0564 e. The van der Waals surface area contributed by atoms with Crippen LogP contribution in [0.25, 0.3) is 0 Å². The first-order valence-corrected chi connectivity index (χ1v) is 6.77. The van der Waals surface area contributed by atoms with Crippen molar-refractivity contribution in [1.29, 1.82) is 0 Å². The van der Waals surface area contributed by atoms with Crippen LogP contribution in [0.15, 0.2) is 18.3 Å². The van der Waals surface area contributed by atoms with Crippen LogP contribution in [0.4, 0.5) is 5.69 Å². The summed E-state index contributed by atoms with van der Waals surface area (Å²) in [7, 11) is 1.93. The maximum absolute atomic E-state index is 9.02. The second kappa shape index (κ2) is 6.71. The van der Waals surface area contributed by atoms with E-state index in [1.807, 2.05) is 19.3 Å². The summed E-state index contributed by atoms with van der Waals surface area (Å²) in [6, 6.07) is 4.09. The summed E-state index contributed by atoms with van der Waals surface area (Å²) in [5, 5.41) is 12.2. The molecule has 1 saturated heterocycles. The lowest BCUT2D eigenvalue weighted by Gasteiger charge is -2.32. The van der Waals surface area contributed by atoms with E-state index >= 15 is 0 Å². The highest BCUT2D eigenvalue weighted by Gasteiger charge is 2.19. The van der Waals surface area contributed by atoms with Gasteiger partial charge in [-0.2, -0.15) is 0 Å². The third kappa shape index (κ3) is 3.68. The summed E-state index contributed by atoms with van der Waals surface area (Å²) in [4.78, 5) is 6.87. The van der Waals surface area contributed by atoms with E-state index in [4.69, 9.17) is 5.11 Å². The summed E-state index contributed by atoms with van der Waals surface area (Å²) >= 11 is 0. The number of nitrogens with one attached hydrogen (secondary N) is 1. The lowest BCUT2D eigenvalue weighted by molar-refractivity contribution is 0.141. The minimum Gasteiger partial charge on any atom is -0.396 e. The van der Waals surface area contributed by atoms with E-state index in [2.05, 4.69) is 21.3 Å². The van der Waals surface area contributed by atoms with Gasteiger partial charge in [-0.1, -0.05) is 0 Å². The average Bonchev–Trinajstić information content (AvgIpc) is 2.40. The van der Waals surface area contributed by atoms with Crippen molar-refractivity contribution in [3.8, 4) is 0 Å². The van der Waals surface area contributed by atoms with E-state index in [9.17, 15) is 0 Å². The molecule has 1 aromatic rings. The molecule has 2 heterocycles. The van der Waals surface area contributed by atoms with Crippen molar-refractivity contribution < 1.29 is 5.11 Å². The van der Waals surface area contributed by atoms with Gasteiger partial charge in [0.15, 0.2) is 0 Å². The fourth-order valence-corrected chi connectivity index (χ4v) is 2.66. The Bertz CT molecular complexity index is 368. The Kier molecular flexibility index (Phi) is 4.96. The summed E-state index contributed by atoms with van der Waals surface area (Å²) in [6.45, 7) is 3.46. The lowest BCUT2D eigenvalue weighted by Crippen LogP contribution is -2.35. The fraction of sp³-hybridized carbons (Fsp3) is 0.643. The molecule has 4 heteroatoms. The molecular weight excluding hydrogens is 226 g/mol. The second-order valence-corrected chi connectivity index (χ2v) is 5.04. The molecule has 1 fully saturated rings. The van der Waals surface area contributed by atoms with Crippen LogP contribution in [0.1, 0.15) is 25.0 Å². The van der Waals surface area contributed by atoms with Crippen molar-refractivity contribution >= 4 is 5.69 Å². The van der Waals surface area contributed by atoms with Gasteiger partial charge < -0.3 is 10.4 Å². The van der Waals surface area contributed by atoms with Crippen molar-refractivity contribution in [3.05, 3.63) is 24.0 Å². The largest absolute Gasteiger partial charge is 0.396 e. The van der Waals surface area contributed by atoms with Crippen molar-refractivity contribution in [2.24, 2.45) is 5.92 Å². The average molecular weight is 249 g/mol. The zero-order valence-corrected chi connectivity index (χ0v) is 11.1. The van der Waals surface area contributed by atoms with Gasteiger partial charge in [-0.05, 0) is 43.9 Å². The van der Waals surface area contributed by atoms with Gasteiger partial charge in [0.1, 0.15) is 0 Å². The molecule has 0 radical (unpaired) electrons. The van der Waals surface area contributed by atoms with Gasteiger partial charge in [0, 0.05) is 38.6 Å². The molecule has 0 amide bonds. The summed E-state index contributed by atoms with van der Waals surface area (Å²) in [5.74, 6) is 0.649. The molecule has 100 valence electrons. The zero-order valence-electron chi connectivity index (χ0n) is 11.1. The molecule has 0 aromatic carbocycles. The summed E-state index contributed by atoms with van der Waals surface area (Å²) in [5.41, 5.74) is 2.23. The molecule has 2 rings (SSSR count). The topological polar surface area (TPSA) is 48.4 Å². The van der Waals surface area contributed by atoms with Gasteiger partial charge in [-0.25, -0.2) is 0 Å². The van der Waals surface area contributed by atoms with E-state index in [0.717, 1.165) is 37.4 Å².